The van der Waals surface area contributed by atoms with Crippen LogP contribution in [-0.2, 0) is 11.2 Å². The molecule has 0 radical (unpaired) electrons. The molecule has 1 N–H and O–H groups in total. The van der Waals surface area contributed by atoms with Crippen LogP contribution in [0.25, 0.3) is 0 Å². The molecule has 1 aromatic carbocycles. The van der Waals surface area contributed by atoms with Crippen molar-refractivity contribution in [2.75, 3.05) is 19.5 Å². The Kier molecular flexibility index (Phi) is 5.51. The Bertz CT molecular complexity index is 671. The summed E-state index contributed by atoms with van der Waals surface area (Å²) in [4.78, 5) is 20.4. The maximum Gasteiger partial charge on any atom is 0.227 e. The van der Waals surface area contributed by atoms with E-state index in [1.165, 1.54) is 0 Å². The summed E-state index contributed by atoms with van der Waals surface area (Å²) >= 11 is 0. The van der Waals surface area contributed by atoms with Gasteiger partial charge in [-0.2, -0.15) is 0 Å². The van der Waals surface area contributed by atoms with Crippen LogP contribution in [0.1, 0.15) is 18.3 Å². The molecule has 0 spiro atoms. The average Bonchev–Trinajstić information content (AvgIpc) is 2.56. The number of rotatable bonds is 6. The van der Waals surface area contributed by atoms with E-state index < -0.39 is 0 Å². The molecule has 2 aromatic rings. The molecule has 6 nitrogen and oxygen atoms in total. The number of hydrogen-bond acceptors (Lipinski definition) is 5. The van der Waals surface area contributed by atoms with E-state index in [0.717, 1.165) is 5.56 Å². The zero-order chi connectivity index (χ0) is 16.8. The van der Waals surface area contributed by atoms with Crippen LogP contribution in [0.5, 0.6) is 11.5 Å². The molecule has 2 rings (SSSR count). The molecule has 1 unspecified atom stereocenters. The van der Waals surface area contributed by atoms with Crippen LogP contribution < -0.4 is 14.8 Å². The summed E-state index contributed by atoms with van der Waals surface area (Å²) in [5.74, 6) is 1.72. The summed E-state index contributed by atoms with van der Waals surface area (Å²) in [6, 6.07) is 5.66. The molecule has 0 aliphatic rings. The molecule has 1 heterocycles. The lowest BCUT2D eigenvalue weighted by molar-refractivity contribution is -0.119. The van der Waals surface area contributed by atoms with E-state index in [1.807, 2.05) is 25.1 Å². The molecule has 1 amide bonds. The van der Waals surface area contributed by atoms with E-state index in [4.69, 9.17) is 9.47 Å². The fourth-order valence-electron chi connectivity index (χ4n) is 2.18. The third-order valence-corrected chi connectivity index (χ3v) is 3.49. The van der Waals surface area contributed by atoms with Gasteiger partial charge in [-0.3, -0.25) is 4.79 Å². The van der Waals surface area contributed by atoms with Gasteiger partial charge in [0, 0.05) is 5.92 Å². The number of aryl methyl sites for hydroxylation is 1. The molecule has 6 heteroatoms. The minimum Gasteiger partial charge on any atom is -0.493 e. The lowest BCUT2D eigenvalue weighted by Crippen LogP contribution is -2.22. The van der Waals surface area contributed by atoms with Crippen LogP contribution >= 0.6 is 0 Å². The Morgan fingerprint density at radius 3 is 2.43 bits per heavy atom. The van der Waals surface area contributed by atoms with E-state index in [0.29, 0.717) is 29.4 Å². The second kappa shape index (κ2) is 7.58. The van der Waals surface area contributed by atoms with Crippen molar-refractivity contribution in [3.05, 3.63) is 42.0 Å². The number of carbonyl (C=O) groups is 1. The molecule has 0 bridgehead atoms. The second-order valence-electron chi connectivity index (χ2n) is 5.30. The van der Waals surface area contributed by atoms with Gasteiger partial charge in [0.15, 0.2) is 11.5 Å². The Morgan fingerprint density at radius 1 is 1.17 bits per heavy atom. The number of amides is 1. The summed E-state index contributed by atoms with van der Waals surface area (Å²) in [7, 11) is 3.19. The van der Waals surface area contributed by atoms with Crippen molar-refractivity contribution in [2.45, 2.75) is 20.3 Å². The summed E-state index contributed by atoms with van der Waals surface area (Å²) < 4.78 is 10.5. The van der Waals surface area contributed by atoms with E-state index in [2.05, 4.69) is 15.3 Å². The van der Waals surface area contributed by atoms with Crippen molar-refractivity contribution in [1.29, 1.82) is 0 Å². The van der Waals surface area contributed by atoms with Gasteiger partial charge in [-0.25, -0.2) is 9.97 Å². The van der Waals surface area contributed by atoms with Gasteiger partial charge >= 0.3 is 0 Å². The Labute approximate surface area is 135 Å². The standard InChI is InChI=1S/C17H21N3O3/c1-11(17(21)20-14-9-18-12(2)19-10-14)7-13-5-6-15(22-3)16(8-13)23-4/h5-6,8-11H,7H2,1-4H3,(H,20,21). The maximum absolute atomic E-state index is 12.3. The van der Waals surface area contributed by atoms with Crippen molar-refractivity contribution in [3.63, 3.8) is 0 Å². The highest BCUT2D eigenvalue weighted by Crippen LogP contribution is 2.28. The van der Waals surface area contributed by atoms with Gasteiger partial charge in [0.1, 0.15) is 5.82 Å². The first-order valence-electron chi connectivity index (χ1n) is 7.34. The van der Waals surface area contributed by atoms with Crippen LogP contribution in [0.3, 0.4) is 0 Å². The van der Waals surface area contributed by atoms with Gasteiger partial charge in [0.2, 0.25) is 5.91 Å². The smallest absolute Gasteiger partial charge is 0.227 e. The monoisotopic (exact) mass is 315 g/mol. The number of methoxy groups -OCH3 is 2. The third-order valence-electron chi connectivity index (χ3n) is 3.49. The van der Waals surface area contributed by atoms with Crippen LogP contribution in [0.2, 0.25) is 0 Å². The molecule has 0 aliphatic carbocycles. The number of hydrogen-bond donors (Lipinski definition) is 1. The topological polar surface area (TPSA) is 73.3 Å². The first-order valence-corrected chi connectivity index (χ1v) is 7.34. The van der Waals surface area contributed by atoms with Gasteiger partial charge in [-0.15, -0.1) is 0 Å². The number of benzene rings is 1. The van der Waals surface area contributed by atoms with Gasteiger partial charge in [-0.05, 0) is 31.0 Å². The third kappa shape index (κ3) is 4.42. The molecule has 0 aliphatic heterocycles. The summed E-state index contributed by atoms with van der Waals surface area (Å²) in [6.07, 6.45) is 3.80. The predicted octanol–water partition coefficient (Wildman–Crippen LogP) is 2.62. The summed E-state index contributed by atoms with van der Waals surface area (Å²) in [5, 5.41) is 2.82. The fraction of sp³-hybridized carbons (Fsp3) is 0.353. The van der Waals surface area contributed by atoms with Crippen LogP contribution in [-0.4, -0.2) is 30.1 Å². The minimum atomic E-state index is -0.200. The van der Waals surface area contributed by atoms with Crippen molar-refractivity contribution in [3.8, 4) is 11.5 Å². The quantitative estimate of drug-likeness (QED) is 0.887. The lowest BCUT2D eigenvalue weighted by atomic mass is 10.00. The van der Waals surface area contributed by atoms with Gasteiger partial charge in [-0.1, -0.05) is 13.0 Å². The normalized spacial score (nSPS) is 11.7. The van der Waals surface area contributed by atoms with Crippen molar-refractivity contribution in [2.24, 2.45) is 5.92 Å². The Hall–Kier alpha value is -2.63. The Balaban J connectivity index is 2.01. The molecule has 1 aromatic heterocycles. The first kappa shape index (κ1) is 16.7. The van der Waals surface area contributed by atoms with Crippen LogP contribution in [0, 0.1) is 12.8 Å². The molecule has 122 valence electrons. The highest BCUT2D eigenvalue weighted by Gasteiger charge is 2.15. The molecular formula is C17H21N3O3. The number of aromatic nitrogens is 2. The SMILES string of the molecule is COc1ccc(CC(C)C(=O)Nc2cnc(C)nc2)cc1OC. The zero-order valence-corrected chi connectivity index (χ0v) is 13.8. The lowest BCUT2D eigenvalue weighted by Gasteiger charge is -2.14. The van der Waals surface area contributed by atoms with E-state index in [1.54, 1.807) is 33.5 Å². The average molecular weight is 315 g/mol. The molecule has 0 saturated heterocycles. The number of anilines is 1. The largest absolute Gasteiger partial charge is 0.493 e. The van der Waals surface area contributed by atoms with Gasteiger partial charge in [0.05, 0.1) is 32.3 Å². The highest BCUT2D eigenvalue weighted by molar-refractivity contribution is 5.92. The summed E-state index contributed by atoms with van der Waals surface area (Å²) in [6.45, 7) is 3.67. The van der Waals surface area contributed by atoms with Crippen LogP contribution in [0.4, 0.5) is 5.69 Å². The second-order valence-corrected chi connectivity index (χ2v) is 5.30. The van der Waals surface area contributed by atoms with E-state index in [-0.39, 0.29) is 11.8 Å². The first-order chi connectivity index (χ1) is 11.0. The van der Waals surface area contributed by atoms with Crippen molar-refractivity contribution in [1.82, 2.24) is 9.97 Å². The molecule has 0 saturated carbocycles. The minimum absolute atomic E-state index is 0.0766. The number of carbonyl (C=O) groups excluding carboxylic acids is 1. The zero-order valence-electron chi connectivity index (χ0n) is 13.8. The molecule has 23 heavy (non-hydrogen) atoms. The fourth-order valence-corrected chi connectivity index (χ4v) is 2.18. The van der Waals surface area contributed by atoms with Gasteiger partial charge in [0.25, 0.3) is 0 Å². The van der Waals surface area contributed by atoms with E-state index >= 15 is 0 Å². The summed E-state index contributed by atoms with van der Waals surface area (Å²) in [5.41, 5.74) is 1.60. The van der Waals surface area contributed by atoms with Crippen LogP contribution in [0.15, 0.2) is 30.6 Å². The number of nitrogens with one attached hydrogen (secondary N) is 1. The van der Waals surface area contributed by atoms with Crippen molar-refractivity contribution >= 4 is 11.6 Å². The Morgan fingerprint density at radius 2 is 1.83 bits per heavy atom. The maximum atomic E-state index is 12.3. The van der Waals surface area contributed by atoms with Gasteiger partial charge < -0.3 is 14.8 Å². The molecule has 1 atom stereocenters. The van der Waals surface area contributed by atoms with E-state index in [9.17, 15) is 4.79 Å². The predicted molar refractivity (Wildman–Crippen MR) is 87.8 cm³/mol. The highest BCUT2D eigenvalue weighted by atomic mass is 16.5. The number of ether oxygens (including phenoxy) is 2. The molecule has 0 fully saturated rings. The molecular weight excluding hydrogens is 294 g/mol. The van der Waals surface area contributed by atoms with Crippen molar-refractivity contribution < 1.29 is 14.3 Å². The number of nitrogens with zero attached hydrogens (tertiary/aromatic N) is 2.